The summed E-state index contributed by atoms with van der Waals surface area (Å²) in [4.78, 5) is 16.3. The van der Waals surface area contributed by atoms with Crippen LogP contribution in [0.3, 0.4) is 0 Å². The highest BCUT2D eigenvalue weighted by atomic mass is 127. The second-order valence-electron chi connectivity index (χ2n) is 6.02. The summed E-state index contributed by atoms with van der Waals surface area (Å²) in [5.41, 5.74) is 1.57. The van der Waals surface area contributed by atoms with E-state index >= 15 is 0 Å². The summed E-state index contributed by atoms with van der Waals surface area (Å²) < 4.78 is 15.8. The molecule has 0 atom stereocenters. The standard InChI is InChI=1S/C21H29N3O4.HI/c1-3-22-21(23-12-6-13-26-16-19-7-5-14-28-19)24-15-17-8-10-18(11-9-17)20(25)27-4-2;/h5,7-11,14H,3-4,6,12-13,15-16H2,1-2H3,(H2,22,23,24);1H. The van der Waals surface area contributed by atoms with Crippen LogP contribution < -0.4 is 10.6 Å². The van der Waals surface area contributed by atoms with Crippen LogP contribution in [-0.4, -0.2) is 38.2 Å². The molecule has 2 aromatic rings. The van der Waals surface area contributed by atoms with Crippen molar-refractivity contribution in [1.29, 1.82) is 0 Å². The van der Waals surface area contributed by atoms with Crippen molar-refractivity contribution in [3.05, 3.63) is 59.5 Å². The molecule has 1 aromatic heterocycles. The highest BCUT2D eigenvalue weighted by Gasteiger charge is 2.05. The van der Waals surface area contributed by atoms with Crippen LogP contribution in [0, 0.1) is 0 Å². The molecule has 160 valence electrons. The molecular weight excluding hydrogens is 485 g/mol. The van der Waals surface area contributed by atoms with Gasteiger partial charge in [-0.05, 0) is 50.1 Å². The largest absolute Gasteiger partial charge is 0.467 e. The molecule has 0 amide bonds. The lowest BCUT2D eigenvalue weighted by Crippen LogP contribution is -2.38. The van der Waals surface area contributed by atoms with Gasteiger partial charge in [0.2, 0.25) is 0 Å². The molecule has 0 saturated heterocycles. The number of benzene rings is 1. The maximum atomic E-state index is 11.7. The smallest absolute Gasteiger partial charge is 0.338 e. The zero-order valence-electron chi connectivity index (χ0n) is 17.0. The van der Waals surface area contributed by atoms with Crippen LogP contribution in [0.25, 0.3) is 0 Å². The van der Waals surface area contributed by atoms with Crippen molar-refractivity contribution in [2.24, 2.45) is 4.99 Å². The fourth-order valence-electron chi connectivity index (χ4n) is 2.42. The number of nitrogens with zero attached hydrogens (tertiary/aromatic N) is 1. The number of ether oxygens (including phenoxy) is 2. The number of carbonyl (C=O) groups excluding carboxylic acids is 1. The van der Waals surface area contributed by atoms with E-state index in [-0.39, 0.29) is 29.9 Å². The van der Waals surface area contributed by atoms with E-state index < -0.39 is 0 Å². The number of hydrogen-bond acceptors (Lipinski definition) is 5. The number of nitrogens with one attached hydrogen (secondary N) is 2. The normalized spacial score (nSPS) is 10.9. The number of carbonyl (C=O) groups is 1. The van der Waals surface area contributed by atoms with Crippen molar-refractivity contribution in [3.8, 4) is 0 Å². The summed E-state index contributed by atoms with van der Waals surface area (Å²) >= 11 is 0. The van der Waals surface area contributed by atoms with Crippen LogP contribution in [-0.2, 0) is 22.6 Å². The highest BCUT2D eigenvalue weighted by molar-refractivity contribution is 14.0. The Morgan fingerprint density at radius 3 is 2.59 bits per heavy atom. The Hall–Kier alpha value is -2.07. The average molecular weight is 515 g/mol. The third kappa shape index (κ3) is 9.80. The Balaban J connectivity index is 0.00000420. The molecule has 0 fully saturated rings. The molecular formula is C21H30IN3O4. The fourth-order valence-corrected chi connectivity index (χ4v) is 2.42. The second kappa shape index (κ2) is 14.9. The molecule has 0 aliphatic heterocycles. The topological polar surface area (TPSA) is 85.1 Å². The molecule has 0 spiro atoms. The van der Waals surface area contributed by atoms with Crippen molar-refractivity contribution >= 4 is 35.9 Å². The summed E-state index contributed by atoms with van der Waals surface area (Å²) in [6.07, 6.45) is 2.50. The van der Waals surface area contributed by atoms with Gasteiger partial charge in [0.25, 0.3) is 0 Å². The highest BCUT2D eigenvalue weighted by Crippen LogP contribution is 2.07. The molecule has 0 saturated carbocycles. The number of hydrogen-bond donors (Lipinski definition) is 2. The molecule has 29 heavy (non-hydrogen) atoms. The van der Waals surface area contributed by atoms with Crippen LogP contribution >= 0.6 is 24.0 Å². The summed E-state index contributed by atoms with van der Waals surface area (Å²) in [6, 6.07) is 11.1. The van der Waals surface area contributed by atoms with Gasteiger partial charge in [-0.1, -0.05) is 12.1 Å². The van der Waals surface area contributed by atoms with Gasteiger partial charge in [0.05, 0.1) is 25.0 Å². The first-order valence-electron chi connectivity index (χ1n) is 9.61. The summed E-state index contributed by atoms with van der Waals surface area (Å²) in [5.74, 6) is 1.28. The maximum absolute atomic E-state index is 11.7. The average Bonchev–Trinajstić information content (AvgIpc) is 3.22. The Morgan fingerprint density at radius 2 is 1.93 bits per heavy atom. The van der Waals surface area contributed by atoms with E-state index in [1.165, 1.54) is 0 Å². The van der Waals surface area contributed by atoms with Crippen LogP contribution in [0.2, 0.25) is 0 Å². The van der Waals surface area contributed by atoms with Gasteiger partial charge in [0.15, 0.2) is 5.96 Å². The van der Waals surface area contributed by atoms with Gasteiger partial charge in [-0.15, -0.1) is 24.0 Å². The van der Waals surface area contributed by atoms with Crippen LogP contribution in [0.15, 0.2) is 52.1 Å². The minimum absolute atomic E-state index is 0. The Bertz CT molecular complexity index is 718. The van der Waals surface area contributed by atoms with Crippen molar-refractivity contribution in [2.75, 3.05) is 26.3 Å². The molecule has 0 radical (unpaired) electrons. The Labute approximate surface area is 189 Å². The van der Waals surface area contributed by atoms with Crippen LogP contribution in [0.5, 0.6) is 0 Å². The number of esters is 1. The van der Waals surface area contributed by atoms with E-state index in [0.717, 1.165) is 36.8 Å². The van der Waals surface area contributed by atoms with E-state index in [2.05, 4.69) is 15.6 Å². The van der Waals surface area contributed by atoms with Gasteiger partial charge in [0, 0.05) is 19.7 Å². The van der Waals surface area contributed by atoms with Crippen molar-refractivity contribution in [2.45, 2.75) is 33.4 Å². The minimum atomic E-state index is -0.304. The molecule has 1 aromatic carbocycles. The van der Waals surface area contributed by atoms with Crippen molar-refractivity contribution < 1.29 is 18.7 Å². The first-order chi connectivity index (χ1) is 13.7. The lowest BCUT2D eigenvalue weighted by Gasteiger charge is -2.11. The predicted octanol–water partition coefficient (Wildman–Crippen LogP) is 3.74. The van der Waals surface area contributed by atoms with Gasteiger partial charge < -0.3 is 24.5 Å². The van der Waals surface area contributed by atoms with Crippen molar-refractivity contribution in [1.82, 2.24) is 10.6 Å². The van der Waals surface area contributed by atoms with Gasteiger partial charge in [-0.25, -0.2) is 9.79 Å². The summed E-state index contributed by atoms with van der Waals surface area (Å²) in [6.45, 7) is 7.38. The van der Waals surface area contributed by atoms with E-state index in [1.54, 1.807) is 25.3 Å². The second-order valence-corrected chi connectivity index (χ2v) is 6.02. The Morgan fingerprint density at radius 1 is 1.14 bits per heavy atom. The van der Waals surface area contributed by atoms with E-state index in [4.69, 9.17) is 13.9 Å². The zero-order chi connectivity index (χ0) is 20.0. The van der Waals surface area contributed by atoms with E-state index in [9.17, 15) is 4.79 Å². The van der Waals surface area contributed by atoms with Gasteiger partial charge in [-0.3, -0.25) is 0 Å². The molecule has 8 heteroatoms. The number of aliphatic imine (C=N–C) groups is 1. The minimum Gasteiger partial charge on any atom is -0.467 e. The predicted molar refractivity (Wildman–Crippen MR) is 124 cm³/mol. The Kier molecular flexibility index (Phi) is 12.8. The fraction of sp³-hybridized carbons (Fsp3) is 0.429. The third-order valence-corrected chi connectivity index (χ3v) is 3.81. The molecule has 0 bridgehead atoms. The lowest BCUT2D eigenvalue weighted by molar-refractivity contribution is 0.0526. The molecule has 2 rings (SSSR count). The maximum Gasteiger partial charge on any atom is 0.338 e. The third-order valence-electron chi connectivity index (χ3n) is 3.81. The quantitative estimate of drug-likeness (QED) is 0.156. The number of guanidine groups is 1. The van der Waals surface area contributed by atoms with Crippen LogP contribution in [0.1, 0.15) is 41.9 Å². The van der Waals surface area contributed by atoms with Crippen LogP contribution in [0.4, 0.5) is 0 Å². The van der Waals surface area contributed by atoms with Gasteiger partial charge >= 0.3 is 5.97 Å². The first-order valence-corrected chi connectivity index (χ1v) is 9.61. The summed E-state index contributed by atoms with van der Waals surface area (Å²) in [7, 11) is 0. The number of furan rings is 1. The number of halogens is 1. The lowest BCUT2D eigenvalue weighted by atomic mass is 10.1. The van der Waals surface area contributed by atoms with E-state index in [1.807, 2.05) is 31.2 Å². The van der Waals surface area contributed by atoms with Gasteiger partial charge in [0.1, 0.15) is 12.4 Å². The van der Waals surface area contributed by atoms with E-state index in [0.29, 0.717) is 31.9 Å². The molecule has 7 nitrogen and oxygen atoms in total. The molecule has 2 N–H and O–H groups in total. The molecule has 0 aliphatic carbocycles. The first kappa shape index (κ1) is 25.0. The monoisotopic (exact) mass is 515 g/mol. The molecule has 1 heterocycles. The van der Waals surface area contributed by atoms with Crippen molar-refractivity contribution in [3.63, 3.8) is 0 Å². The molecule has 0 aliphatic rings. The van der Waals surface area contributed by atoms with Gasteiger partial charge in [-0.2, -0.15) is 0 Å². The summed E-state index contributed by atoms with van der Waals surface area (Å²) in [5, 5.41) is 6.51. The zero-order valence-corrected chi connectivity index (χ0v) is 19.3. The SMILES string of the molecule is CCNC(=NCc1ccc(C(=O)OCC)cc1)NCCCOCc1ccco1.I. The number of rotatable bonds is 11. The molecule has 0 unspecified atom stereocenters.